The monoisotopic (exact) mass is 154 g/mol. The largest absolute Gasteiger partial charge is 0.309 e. The molecule has 0 bridgehead atoms. The predicted molar refractivity (Wildman–Crippen MR) is 50.8 cm³/mol. The van der Waals surface area contributed by atoms with Crippen LogP contribution in [0.1, 0.15) is 34.1 Å². The Morgan fingerprint density at radius 1 is 1.36 bits per heavy atom. The van der Waals surface area contributed by atoms with Gasteiger partial charge >= 0.3 is 0 Å². The lowest BCUT2D eigenvalue weighted by Crippen LogP contribution is -2.21. The molecule has 0 aliphatic rings. The molecule has 0 saturated carbocycles. The van der Waals surface area contributed by atoms with Crippen LogP contribution in [0.5, 0.6) is 0 Å². The fourth-order valence-electron chi connectivity index (χ4n) is 0.600. The zero-order valence-corrected chi connectivity index (χ0v) is 8.15. The van der Waals surface area contributed by atoms with Crippen LogP contribution < -0.4 is 0 Å². The van der Waals surface area contributed by atoms with Crippen LogP contribution >= 0.6 is 0 Å². The minimum atomic E-state index is -0.00799. The lowest BCUT2D eigenvalue weighted by atomic mass is 9.87. The first-order chi connectivity index (χ1) is 4.88. The normalized spacial score (nSPS) is 13.4. The van der Waals surface area contributed by atoms with E-state index in [1.165, 1.54) is 0 Å². The molecule has 2 nitrogen and oxygen atoms in total. The second-order valence-corrected chi connectivity index (χ2v) is 3.86. The van der Waals surface area contributed by atoms with Crippen LogP contribution in [0.2, 0.25) is 0 Å². The molecule has 0 saturated heterocycles. The van der Waals surface area contributed by atoms with Gasteiger partial charge in [0.05, 0.1) is 0 Å². The van der Waals surface area contributed by atoms with Crippen molar-refractivity contribution in [3.05, 3.63) is 0 Å². The highest BCUT2D eigenvalue weighted by Gasteiger charge is 2.16. The second-order valence-electron chi connectivity index (χ2n) is 3.86. The molecule has 11 heavy (non-hydrogen) atoms. The number of hydrogen-bond donors (Lipinski definition) is 1. The van der Waals surface area contributed by atoms with Crippen LogP contribution in [-0.4, -0.2) is 18.5 Å². The zero-order valence-electron chi connectivity index (χ0n) is 8.15. The molecule has 0 aromatic carbocycles. The van der Waals surface area contributed by atoms with E-state index in [0.717, 1.165) is 11.4 Å². The van der Waals surface area contributed by atoms with Gasteiger partial charge in [-0.3, -0.25) is 4.99 Å². The van der Waals surface area contributed by atoms with Gasteiger partial charge in [0, 0.05) is 24.9 Å². The van der Waals surface area contributed by atoms with Crippen LogP contribution in [0.25, 0.3) is 0 Å². The summed E-state index contributed by atoms with van der Waals surface area (Å²) in [4.78, 5) is 4.02. The molecule has 1 N–H and O–H groups in total. The van der Waals surface area contributed by atoms with Gasteiger partial charge in [0.25, 0.3) is 0 Å². The van der Waals surface area contributed by atoms with Crippen LogP contribution in [0.3, 0.4) is 0 Å². The number of aliphatic imine (C=N–C) groups is 1. The standard InChI is InChI=1S/C9H18N2/c1-7(11-5)6-8(10)9(2,3)4/h10H,6H2,1-5H3. The Hall–Kier alpha value is -0.660. The van der Waals surface area contributed by atoms with E-state index in [2.05, 4.69) is 25.8 Å². The Morgan fingerprint density at radius 3 is 2.09 bits per heavy atom. The Labute approximate surface area is 69.2 Å². The molecule has 0 spiro atoms. The summed E-state index contributed by atoms with van der Waals surface area (Å²) in [5, 5.41) is 7.69. The van der Waals surface area contributed by atoms with Gasteiger partial charge in [-0.05, 0) is 12.3 Å². The summed E-state index contributed by atoms with van der Waals surface area (Å²) in [6.07, 6.45) is 0.708. The number of hydrogen-bond acceptors (Lipinski definition) is 2. The van der Waals surface area contributed by atoms with E-state index in [1.54, 1.807) is 7.05 Å². The SMILES string of the molecule is CN=C(C)CC(=N)C(C)(C)C. The van der Waals surface area contributed by atoms with Gasteiger partial charge in [0.1, 0.15) is 0 Å². The molecule has 64 valence electrons. The van der Waals surface area contributed by atoms with Crippen molar-refractivity contribution in [3.63, 3.8) is 0 Å². The first-order valence-electron chi connectivity index (χ1n) is 3.88. The Kier molecular flexibility index (Phi) is 3.43. The number of rotatable bonds is 2. The number of nitrogens with zero attached hydrogens (tertiary/aromatic N) is 1. The van der Waals surface area contributed by atoms with E-state index in [0.29, 0.717) is 6.42 Å². The molecule has 0 aliphatic heterocycles. The predicted octanol–water partition coefficient (Wildman–Crippen LogP) is 2.53. The van der Waals surface area contributed by atoms with Gasteiger partial charge < -0.3 is 5.41 Å². The molecule has 0 aliphatic carbocycles. The molecule has 0 aromatic heterocycles. The average Bonchev–Trinajstić information content (AvgIpc) is 1.85. The molecule has 2 heteroatoms. The summed E-state index contributed by atoms with van der Waals surface area (Å²) in [5.74, 6) is 0. The third-order valence-electron chi connectivity index (χ3n) is 1.72. The Bertz CT molecular complexity index is 172. The first kappa shape index (κ1) is 10.3. The molecular formula is C9H18N2. The van der Waals surface area contributed by atoms with Crippen LogP contribution in [0, 0.1) is 10.8 Å². The lowest BCUT2D eigenvalue weighted by molar-refractivity contribution is 0.580. The third-order valence-corrected chi connectivity index (χ3v) is 1.72. The minimum Gasteiger partial charge on any atom is -0.309 e. The van der Waals surface area contributed by atoms with Gasteiger partial charge in [-0.15, -0.1) is 0 Å². The Morgan fingerprint density at radius 2 is 1.82 bits per heavy atom. The Balaban J connectivity index is 4.10. The molecular weight excluding hydrogens is 136 g/mol. The summed E-state index contributed by atoms with van der Waals surface area (Å²) in [6.45, 7) is 8.12. The molecule has 0 aromatic rings. The van der Waals surface area contributed by atoms with Crippen molar-refractivity contribution in [1.82, 2.24) is 0 Å². The zero-order chi connectivity index (χ0) is 9.07. The van der Waals surface area contributed by atoms with Crippen molar-refractivity contribution < 1.29 is 0 Å². The van der Waals surface area contributed by atoms with Gasteiger partial charge in [-0.1, -0.05) is 20.8 Å². The van der Waals surface area contributed by atoms with Crippen molar-refractivity contribution in [3.8, 4) is 0 Å². The molecule has 0 atom stereocenters. The highest BCUT2D eigenvalue weighted by molar-refractivity contribution is 6.04. The van der Waals surface area contributed by atoms with E-state index < -0.39 is 0 Å². The summed E-state index contributed by atoms with van der Waals surface area (Å²) >= 11 is 0. The fourth-order valence-corrected chi connectivity index (χ4v) is 0.600. The van der Waals surface area contributed by atoms with Gasteiger partial charge in [0.2, 0.25) is 0 Å². The maximum Gasteiger partial charge on any atom is 0.0276 e. The average molecular weight is 154 g/mol. The smallest absolute Gasteiger partial charge is 0.0276 e. The van der Waals surface area contributed by atoms with E-state index in [-0.39, 0.29) is 5.41 Å². The number of nitrogens with one attached hydrogen (secondary N) is 1. The van der Waals surface area contributed by atoms with Crippen molar-refractivity contribution in [2.75, 3.05) is 7.05 Å². The lowest BCUT2D eigenvalue weighted by Gasteiger charge is -2.19. The van der Waals surface area contributed by atoms with Gasteiger partial charge in [0.15, 0.2) is 0 Å². The third kappa shape index (κ3) is 3.91. The molecule has 0 amide bonds. The van der Waals surface area contributed by atoms with E-state index >= 15 is 0 Å². The molecule has 0 rings (SSSR count). The van der Waals surface area contributed by atoms with Gasteiger partial charge in [-0.25, -0.2) is 0 Å². The topological polar surface area (TPSA) is 36.2 Å². The molecule has 0 radical (unpaired) electrons. The van der Waals surface area contributed by atoms with Crippen molar-refractivity contribution >= 4 is 11.4 Å². The minimum absolute atomic E-state index is 0.00799. The fraction of sp³-hybridized carbons (Fsp3) is 0.778. The van der Waals surface area contributed by atoms with Crippen LogP contribution in [0.15, 0.2) is 4.99 Å². The summed E-state index contributed by atoms with van der Waals surface area (Å²) < 4.78 is 0. The van der Waals surface area contributed by atoms with Gasteiger partial charge in [-0.2, -0.15) is 0 Å². The first-order valence-corrected chi connectivity index (χ1v) is 3.88. The summed E-state index contributed by atoms with van der Waals surface area (Å²) in [5.41, 5.74) is 1.77. The summed E-state index contributed by atoms with van der Waals surface area (Å²) in [6, 6.07) is 0. The highest BCUT2D eigenvalue weighted by atomic mass is 14.7. The van der Waals surface area contributed by atoms with Crippen molar-refractivity contribution in [2.45, 2.75) is 34.1 Å². The summed E-state index contributed by atoms with van der Waals surface area (Å²) in [7, 11) is 1.77. The van der Waals surface area contributed by atoms with E-state index in [1.807, 2.05) is 6.92 Å². The maximum absolute atomic E-state index is 7.69. The van der Waals surface area contributed by atoms with Crippen molar-refractivity contribution in [2.24, 2.45) is 10.4 Å². The van der Waals surface area contributed by atoms with Crippen LogP contribution in [-0.2, 0) is 0 Å². The highest BCUT2D eigenvalue weighted by Crippen LogP contribution is 2.17. The van der Waals surface area contributed by atoms with Crippen molar-refractivity contribution in [1.29, 1.82) is 5.41 Å². The maximum atomic E-state index is 7.69. The quantitative estimate of drug-likeness (QED) is 0.593. The molecule has 0 heterocycles. The van der Waals surface area contributed by atoms with E-state index in [4.69, 9.17) is 5.41 Å². The second kappa shape index (κ2) is 3.65. The molecule has 0 fully saturated rings. The van der Waals surface area contributed by atoms with Crippen LogP contribution in [0.4, 0.5) is 0 Å². The van der Waals surface area contributed by atoms with E-state index in [9.17, 15) is 0 Å². The molecule has 0 unspecified atom stereocenters.